The van der Waals surface area contributed by atoms with Crippen LogP contribution >= 0.6 is 0 Å². The largest absolute Gasteiger partial charge is 0.475 e. The third kappa shape index (κ3) is 2.46. The number of aromatic nitrogens is 1. The van der Waals surface area contributed by atoms with Crippen LogP contribution in [0.1, 0.15) is 48.1 Å². The van der Waals surface area contributed by atoms with Gasteiger partial charge in [-0.05, 0) is 31.0 Å². The van der Waals surface area contributed by atoms with Crippen molar-refractivity contribution in [1.82, 2.24) is 4.98 Å². The number of aryl methyl sites for hydroxylation is 1. The lowest BCUT2D eigenvalue weighted by atomic mass is 9.91. The van der Waals surface area contributed by atoms with Crippen LogP contribution in [0.15, 0.2) is 22.6 Å². The maximum atomic E-state index is 11.3. The second kappa shape index (κ2) is 4.78. The van der Waals surface area contributed by atoms with Gasteiger partial charge in [0, 0.05) is 11.0 Å². The summed E-state index contributed by atoms with van der Waals surface area (Å²) in [6.45, 7) is 9.75. The molecule has 0 aliphatic carbocycles. The number of carbonyl (C=O) groups is 1. The summed E-state index contributed by atoms with van der Waals surface area (Å²) in [7, 11) is 0. The Kier molecular flexibility index (Phi) is 3.42. The predicted octanol–water partition coefficient (Wildman–Crippen LogP) is 3.95. The Morgan fingerprint density at radius 2 is 1.90 bits per heavy atom. The number of hydrogen-bond acceptors (Lipinski definition) is 3. The van der Waals surface area contributed by atoms with Crippen molar-refractivity contribution in [2.24, 2.45) is 0 Å². The molecule has 0 radical (unpaired) electrons. The van der Waals surface area contributed by atoms with E-state index < -0.39 is 5.97 Å². The molecule has 4 heteroatoms. The fraction of sp³-hybridized carbons (Fsp3) is 0.375. The highest BCUT2D eigenvalue weighted by molar-refractivity contribution is 5.86. The molecule has 0 unspecified atom stereocenters. The fourth-order valence-corrected chi connectivity index (χ4v) is 2.07. The highest BCUT2D eigenvalue weighted by Crippen LogP contribution is 2.32. The Hall–Kier alpha value is -2.10. The summed E-state index contributed by atoms with van der Waals surface area (Å²) >= 11 is 0. The molecule has 0 saturated carbocycles. The molecule has 2 aromatic rings. The Balaban J connectivity index is 2.65. The highest BCUT2D eigenvalue weighted by atomic mass is 16.4. The lowest BCUT2D eigenvalue weighted by Gasteiger charge is -2.14. The van der Waals surface area contributed by atoms with Crippen molar-refractivity contribution in [1.29, 1.82) is 0 Å². The molecule has 0 aliphatic rings. The monoisotopic (exact) mass is 273 g/mol. The average molecular weight is 273 g/mol. The first kappa shape index (κ1) is 14.3. The van der Waals surface area contributed by atoms with E-state index in [0.717, 1.165) is 16.7 Å². The number of oxazole rings is 1. The average Bonchev–Trinajstić information content (AvgIpc) is 2.77. The Labute approximate surface area is 118 Å². The van der Waals surface area contributed by atoms with Gasteiger partial charge in [0.2, 0.25) is 11.7 Å². The Morgan fingerprint density at radius 3 is 2.40 bits per heavy atom. The summed E-state index contributed by atoms with van der Waals surface area (Å²) in [6.07, 6.45) is 0. The molecular formula is C16H19NO3. The minimum absolute atomic E-state index is 0.0755. The maximum absolute atomic E-state index is 11.3. The van der Waals surface area contributed by atoms with E-state index in [2.05, 4.69) is 4.98 Å². The zero-order valence-corrected chi connectivity index (χ0v) is 12.4. The van der Waals surface area contributed by atoms with Crippen molar-refractivity contribution >= 4 is 5.97 Å². The van der Waals surface area contributed by atoms with Crippen LogP contribution in [0.5, 0.6) is 0 Å². The van der Waals surface area contributed by atoms with E-state index in [9.17, 15) is 9.90 Å². The molecule has 0 saturated heterocycles. The Bertz CT molecular complexity index is 663. The smallest absolute Gasteiger partial charge is 0.373 e. The number of carboxylic acids is 1. The van der Waals surface area contributed by atoms with Crippen LogP contribution < -0.4 is 0 Å². The van der Waals surface area contributed by atoms with Crippen molar-refractivity contribution in [3.8, 4) is 11.5 Å². The normalized spacial score (nSPS) is 11.7. The van der Waals surface area contributed by atoms with Gasteiger partial charge in [-0.3, -0.25) is 0 Å². The molecule has 0 atom stereocenters. The molecular weight excluding hydrogens is 254 g/mol. The van der Waals surface area contributed by atoms with E-state index >= 15 is 0 Å². The van der Waals surface area contributed by atoms with E-state index in [0.29, 0.717) is 11.6 Å². The van der Waals surface area contributed by atoms with Crippen LogP contribution in [0.25, 0.3) is 11.5 Å². The highest BCUT2D eigenvalue weighted by Gasteiger charge is 2.29. The summed E-state index contributed by atoms with van der Waals surface area (Å²) in [4.78, 5) is 15.8. The van der Waals surface area contributed by atoms with Gasteiger partial charge in [0.05, 0.1) is 0 Å². The van der Waals surface area contributed by atoms with Gasteiger partial charge in [-0.2, -0.15) is 0 Å². The summed E-state index contributed by atoms with van der Waals surface area (Å²) in [5.41, 5.74) is 3.10. The first-order chi connectivity index (χ1) is 9.21. The van der Waals surface area contributed by atoms with Gasteiger partial charge in [0.25, 0.3) is 0 Å². The number of hydrogen-bond donors (Lipinski definition) is 1. The molecule has 0 bridgehead atoms. The number of aromatic carboxylic acids is 1. The van der Waals surface area contributed by atoms with Crippen LogP contribution in [-0.4, -0.2) is 16.1 Å². The van der Waals surface area contributed by atoms with E-state index in [1.807, 2.05) is 52.8 Å². The van der Waals surface area contributed by atoms with Gasteiger partial charge in [-0.15, -0.1) is 0 Å². The number of nitrogens with zero attached hydrogens (tertiary/aromatic N) is 1. The zero-order chi connectivity index (χ0) is 15.1. The summed E-state index contributed by atoms with van der Waals surface area (Å²) in [5.74, 6) is -0.791. The molecule has 1 aromatic carbocycles. The number of rotatable bonds is 2. The van der Waals surface area contributed by atoms with E-state index in [1.165, 1.54) is 0 Å². The Morgan fingerprint density at radius 1 is 1.25 bits per heavy atom. The summed E-state index contributed by atoms with van der Waals surface area (Å²) in [6, 6.07) is 5.82. The molecule has 0 spiro atoms. The molecule has 1 aromatic heterocycles. The minimum atomic E-state index is -1.08. The van der Waals surface area contributed by atoms with Crippen LogP contribution in [-0.2, 0) is 5.41 Å². The first-order valence-corrected chi connectivity index (χ1v) is 6.53. The van der Waals surface area contributed by atoms with Crippen molar-refractivity contribution < 1.29 is 14.3 Å². The molecule has 20 heavy (non-hydrogen) atoms. The predicted molar refractivity (Wildman–Crippen MR) is 77.1 cm³/mol. The fourth-order valence-electron chi connectivity index (χ4n) is 2.07. The lowest BCUT2D eigenvalue weighted by molar-refractivity contribution is 0.0659. The van der Waals surface area contributed by atoms with Crippen LogP contribution in [0.3, 0.4) is 0 Å². The maximum Gasteiger partial charge on any atom is 0.373 e. The first-order valence-electron chi connectivity index (χ1n) is 6.53. The molecule has 1 N–H and O–H groups in total. The summed E-state index contributed by atoms with van der Waals surface area (Å²) in [5, 5.41) is 9.28. The second-order valence-corrected chi connectivity index (χ2v) is 6.00. The molecule has 0 fully saturated rings. The van der Waals surface area contributed by atoms with Crippen molar-refractivity contribution in [3.05, 3.63) is 40.8 Å². The van der Waals surface area contributed by atoms with Gasteiger partial charge < -0.3 is 9.52 Å². The quantitative estimate of drug-likeness (QED) is 0.899. The number of benzene rings is 1. The van der Waals surface area contributed by atoms with E-state index in [-0.39, 0.29) is 11.2 Å². The molecule has 4 nitrogen and oxygen atoms in total. The third-order valence-electron chi connectivity index (χ3n) is 3.37. The van der Waals surface area contributed by atoms with E-state index in [1.54, 1.807) is 0 Å². The standard InChI is InChI=1S/C16H19NO3/c1-9-7-6-8-11(10(9)2)14-17-13(16(3,4)5)12(20-14)15(18)19/h6-8H,1-5H3,(H,18,19). The van der Waals surface area contributed by atoms with Gasteiger partial charge >= 0.3 is 5.97 Å². The van der Waals surface area contributed by atoms with Crippen LogP contribution in [0.4, 0.5) is 0 Å². The molecule has 106 valence electrons. The van der Waals surface area contributed by atoms with Gasteiger partial charge in [-0.25, -0.2) is 9.78 Å². The molecule has 1 heterocycles. The molecule has 2 rings (SSSR count). The minimum Gasteiger partial charge on any atom is -0.475 e. The lowest BCUT2D eigenvalue weighted by Crippen LogP contribution is -2.16. The van der Waals surface area contributed by atoms with Crippen LogP contribution in [0.2, 0.25) is 0 Å². The third-order valence-corrected chi connectivity index (χ3v) is 3.37. The van der Waals surface area contributed by atoms with Crippen molar-refractivity contribution in [2.75, 3.05) is 0 Å². The van der Waals surface area contributed by atoms with Gasteiger partial charge in [0.1, 0.15) is 5.69 Å². The topological polar surface area (TPSA) is 63.3 Å². The van der Waals surface area contributed by atoms with Crippen LogP contribution in [0, 0.1) is 13.8 Å². The molecule has 0 aliphatic heterocycles. The summed E-state index contributed by atoms with van der Waals surface area (Å²) < 4.78 is 5.51. The number of carboxylic acid groups (broad SMARTS) is 1. The van der Waals surface area contributed by atoms with E-state index in [4.69, 9.17) is 4.42 Å². The van der Waals surface area contributed by atoms with Crippen molar-refractivity contribution in [3.63, 3.8) is 0 Å². The molecule has 0 amide bonds. The zero-order valence-electron chi connectivity index (χ0n) is 12.4. The second-order valence-electron chi connectivity index (χ2n) is 6.00. The van der Waals surface area contributed by atoms with Crippen molar-refractivity contribution in [2.45, 2.75) is 40.0 Å². The van der Waals surface area contributed by atoms with Gasteiger partial charge in [0.15, 0.2) is 0 Å². The van der Waals surface area contributed by atoms with Gasteiger partial charge in [-0.1, -0.05) is 32.9 Å². The SMILES string of the molecule is Cc1cccc(-c2nc(C(C)(C)C)c(C(=O)O)o2)c1C.